The first-order valence-electron chi connectivity index (χ1n) is 6.68. The summed E-state index contributed by atoms with van der Waals surface area (Å²) in [6.45, 7) is 7.42. The highest BCUT2D eigenvalue weighted by atomic mass is 32.2. The number of hydrogen-bond donors (Lipinski definition) is 1. The summed E-state index contributed by atoms with van der Waals surface area (Å²) in [7, 11) is 1.86. The van der Waals surface area contributed by atoms with E-state index >= 15 is 0 Å². The lowest BCUT2D eigenvalue weighted by Gasteiger charge is -2.18. The van der Waals surface area contributed by atoms with E-state index in [1.54, 1.807) is 18.8 Å². The molecule has 116 valence electrons. The summed E-state index contributed by atoms with van der Waals surface area (Å²) >= 11 is 0. The van der Waals surface area contributed by atoms with Gasteiger partial charge in [0.1, 0.15) is 0 Å². The monoisotopic (exact) mass is 302 g/mol. The van der Waals surface area contributed by atoms with Crippen LogP contribution in [0.3, 0.4) is 0 Å². The fourth-order valence-electron chi connectivity index (χ4n) is 1.91. The van der Waals surface area contributed by atoms with E-state index in [0.717, 1.165) is 11.3 Å². The van der Waals surface area contributed by atoms with Gasteiger partial charge in [0.15, 0.2) is 0 Å². The van der Waals surface area contributed by atoms with Gasteiger partial charge in [-0.1, -0.05) is 20.8 Å². The average Bonchev–Trinajstić information content (AvgIpc) is 2.65. The first-order valence-corrected chi connectivity index (χ1v) is 8.29. The molecule has 0 radical (unpaired) electrons. The maximum atomic E-state index is 11.6. The number of rotatable bonds is 6. The van der Waals surface area contributed by atoms with E-state index < -0.39 is 10.0 Å². The van der Waals surface area contributed by atoms with Crippen LogP contribution in [-0.2, 0) is 29.0 Å². The van der Waals surface area contributed by atoms with Gasteiger partial charge in [0.05, 0.1) is 11.4 Å². The van der Waals surface area contributed by atoms with Crippen molar-refractivity contribution in [3.63, 3.8) is 0 Å². The lowest BCUT2D eigenvalue weighted by molar-refractivity contribution is 0.516. The van der Waals surface area contributed by atoms with Crippen LogP contribution in [0.25, 0.3) is 0 Å². The quantitative estimate of drug-likeness (QED) is 0.786. The molecule has 0 aliphatic rings. The molecule has 7 heteroatoms. The molecule has 0 spiro atoms. The van der Waals surface area contributed by atoms with Crippen LogP contribution < -0.4 is 5.32 Å². The van der Waals surface area contributed by atoms with Crippen LogP contribution >= 0.6 is 0 Å². The van der Waals surface area contributed by atoms with Gasteiger partial charge in [-0.3, -0.25) is 4.68 Å². The van der Waals surface area contributed by atoms with Crippen molar-refractivity contribution in [1.82, 2.24) is 19.4 Å². The summed E-state index contributed by atoms with van der Waals surface area (Å²) in [5, 5.41) is 7.67. The van der Waals surface area contributed by atoms with E-state index in [2.05, 4.69) is 31.2 Å². The maximum absolute atomic E-state index is 11.6. The Morgan fingerprint density at radius 2 is 1.95 bits per heavy atom. The van der Waals surface area contributed by atoms with Gasteiger partial charge >= 0.3 is 0 Å². The molecule has 0 unspecified atom stereocenters. The number of sulfonamides is 1. The Bertz CT molecular complexity index is 541. The predicted molar refractivity (Wildman–Crippen MR) is 81.1 cm³/mol. The molecule has 0 aliphatic carbocycles. The van der Waals surface area contributed by atoms with E-state index in [9.17, 15) is 8.42 Å². The highest BCUT2D eigenvalue weighted by molar-refractivity contribution is 7.89. The molecule has 1 N–H and O–H groups in total. The second-order valence-corrected chi connectivity index (χ2v) is 8.50. The molecular formula is C13H26N4O2S. The van der Waals surface area contributed by atoms with Crippen LogP contribution in [0.1, 0.15) is 32.0 Å². The summed E-state index contributed by atoms with van der Waals surface area (Å²) in [4.78, 5) is 0. The highest BCUT2D eigenvalue weighted by Crippen LogP contribution is 2.23. The molecule has 6 nitrogen and oxygen atoms in total. The molecule has 0 aliphatic heterocycles. The number of nitrogens with zero attached hydrogens (tertiary/aromatic N) is 3. The fourth-order valence-corrected chi connectivity index (χ4v) is 2.67. The largest absolute Gasteiger partial charge is 0.311 e. The van der Waals surface area contributed by atoms with Gasteiger partial charge < -0.3 is 5.32 Å². The van der Waals surface area contributed by atoms with Crippen LogP contribution in [0.4, 0.5) is 0 Å². The Hall–Kier alpha value is -0.920. The standard InChI is InChI=1S/C13H26N4O2S/c1-13(2,3)12-11(10-17(6)15-12)9-14-7-8-20(18,19)16(4)5/h10,14H,7-9H2,1-6H3. The maximum Gasteiger partial charge on any atom is 0.214 e. The van der Waals surface area contributed by atoms with Gasteiger partial charge in [-0.25, -0.2) is 12.7 Å². The molecule has 1 rings (SSSR count). The number of aromatic nitrogens is 2. The van der Waals surface area contributed by atoms with E-state index in [-0.39, 0.29) is 11.2 Å². The molecule has 1 heterocycles. The Labute approximate surface area is 122 Å². The summed E-state index contributed by atoms with van der Waals surface area (Å²) in [6, 6.07) is 0. The highest BCUT2D eigenvalue weighted by Gasteiger charge is 2.21. The lowest BCUT2D eigenvalue weighted by atomic mass is 9.89. The van der Waals surface area contributed by atoms with Crippen molar-refractivity contribution in [1.29, 1.82) is 0 Å². The van der Waals surface area contributed by atoms with E-state index in [4.69, 9.17) is 0 Å². The third kappa shape index (κ3) is 4.57. The Balaban J connectivity index is 2.60. The molecule has 0 amide bonds. The molecular weight excluding hydrogens is 276 g/mol. The molecule has 0 bridgehead atoms. The van der Waals surface area contributed by atoms with Crippen molar-refractivity contribution in [2.24, 2.45) is 7.05 Å². The summed E-state index contributed by atoms with van der Waals surface area (Å²) in [5.74, 6) is 0.102. The molecule has 20 heavy (non-hydrogen) atoms. The van der Waals surface area contributed by atoms with E-state index in [0.29, 0.717) is 13.1 Å². The molecule has 1 aromatic heterocycles. The minimum absolute atomic E-state index is 0.0199. The van der Waals surface area contributed by atoms with Crippen molar-refractivity contribution in [2.45, 2.75) is 32.7 Å². The lowest BCUT2D eigenvalue weighted by Crippen LogP contribution is -2.31. The first kappa shape index (κ1) is 17.1. The number of hydrogen-bond acceptors (Lipinski definition) is 4. The first-order chi connectivity index (χ1) is 9.04. The van der Waals surface area contributed by atoms with Crippen molar-refractivity contribution < 1.29 is 8.42 Å². The smallest absolute Gasteiger partial charge is 0.214 e. The molecule has 0 aromatic carbocycles. The molecule has 0 saturated heterocycles. The van der Waals surface area contributed by atoms with Crippen molar-refractivity contribution >= 4 is 10.0 Å². The SMILES string of the molecule is CN(C)S(=O)(=O)CCNCc1cn(C)nc1C(C)(C)C. The predicted octanol–water partition coefficient (Wildman–Crippen LogP) is 0.699. The molecule has 1 aromatic rings. The topological polar surface area (TPSA) is 67.2 Å². The Kier molecular flexibility index (Phi) is 5.34. The van der Waals surface area contributed by atoms with Crippen LogP contribution in [0.15, 0.2) is 6.20 Å². The fraction of sp³-hybridized carbons (Fsp3) is 0.769. The van der Waals surface area contributed by atoms with Gasteiger partial charge in [-0.15, -0.1) is 0 Å². The Morgan fingerprint density at radius 1 is 1.35 bits per heavy atom. The molecule has 0 fully saturated rings. The van der Waals surface area contributed by atoms with Crippen LogP contribution in [0.5, 0.6) is 0 Å². The number of aryl methyl sites for hydroxylation is 1. The zero-order chi connectivity index (χ0) is 15.6. The Morgan fingerprint density at radius 3 is 2.45 bits per heavy atom. The number of nitrogens with one attached hydrogen (secondary N) is 1. The van der Waals surface area contributed by atoms with Gasteiger partial charge in [0.25, 0.3) is 0 Å². The second kappa shape index (κ2) is 6.24. The van der Waals surface area contributed by atoms with Gasteiger partial charge in [0.2, 0.25) is 10.0 Å². The van der Waals surface area contributed by atoms with Crippen molar-refractivity contribution in [3.05, 3.63) is 17.5 Å². The van der Waals surface area contributed by atoms with E-state index in [1.165, 1.54) is 4.31 Å². The minimum Gasteiger partial charge on any atom is -0.311 e. The van der Waals surface area contributed by atoms with Gasteiger partial charge in [-0.05, 0) is 0 Å². The average molecular weight is 302 g/mol. The van der Waals surface area contributed by atoms with Crippen molar-refractivity contribution in [2.75, 3.05) is 26.4 Å². The van der Waals surface area contributed by atoms with Crippen LogP contribution in [-0.4, -0.2) is 48.9 Å². The zero-order valence-corrected chi connectivity index (χ0v) is 14.1. The normalized spacial score (nSPS) is 13.2. The second-order valence-electron chi connectivity index (χ2n) is 6.20. The molecule has 0 atom stereocenters. The van der Waals surface area contributed by atoms with Gasteiger partial charge in [-0.2, -0.15) is 5.10 Å². The van der Waals surface area contributed by atoms with Crippen LogP contribution in [0.2, 0.25) is 0 Å². The summed E-state index contributed by atoms with van der Waals surface area (Å²) in [5.41, 5.74) is 2.14. The van der Waals surface area contributed by atoms with E-state index in [1.807, 2.05) is 13.2 Å². The zero-order valence-electron chi connectivity index (χ0n) is 13.3. The molecule has 0 saturated carbocycles. The third-order valence-corrected chi connectivity index (χ3v) is 4.86. The van der Waals surface area contributed by atoms with Gasteiger partial charge in [0, 0.05) is 51.4 Å². The summed E-state index contributed by atoms with van der Waals surface area (Å²) < 4.78 is 26.3. The van der Waals surface area contributed by atoms with Crippen molar-refractivity contribution in [3.8, 4) is 0 Å². The minimum atomic E-state index is -3.14. The van der Waals surface area contributed by atoms with Crippen LogP contribution in [0, 0.1) is 0 Å². The third-order valence-electron chi connectivity index (χ3n) is 3.02. The summed E-state index contributed by atoms with van der Waals surface area (Å²) in [6.07, 6.45) is 1.98.